The van der Waals surface area contributed by atoms with Gasteiger partial charge in [0.15, 0.2) is 18.9 Å². The van der Waals surface area contributed by atoms with E-state index in [9.17, 15) is 0 Å². The molecular formula is C38H70O21. The van der Waals surface area contributed by atoms with Crippen molar-refractivity contribution >= 4 is 0 Å². The van der Waals surface area contributed by atoms with Crippen LogP contribution in [0, 0.1) is 0 Å². The summed E-state index contributed by atoms with van der Waals surface area (Å²) in [6.07, 6.45) is -12.9. The van der Waals surface area contributed by atoms with E-state index in [-0.39, 0.29) is 33.0 Å². The van der Waals surface area contributed by atoms with Crippen LogP contribution in [0.5, 0.6) is 0 Å². The minimum Gasteiger partial charge on any atom is -0.382 e. The lowest BCUT2D eigenvalue weighted by Gasteiger charge is -2.48. The zero-order valence-electron chi connectivity index (χ0n) is 37.0. The number of rotatable bonds is 25. The van der Waals surface area contributed by atoms with Crippen LogP contribution in [0.15, 0.2) is 0 Å². The molecule has 4 saturated heterocycles. The first-order valence-corrected chi connectivity index (χ1v) is 19.5. The van der Waals surface area contributed by atoms with Gasteiger partial charge in [-0.1, -0.05) is 0 Å². The van der Waals surface area contributed by atoms with Gasteiger partial charge in [-0.15, -0.1) is 0 Å². The molecule has 19 atom stereocenters. The first kappa shape index (κ1) is 50.8. The Hall–Kier alpha value is -0.840. The number of hydrogen-bond donors (Lipinski definition) is 0. The fraction of sp³-hybridized carbons (Fsp3) is 1.00. The quantitative estimate of drug-likeness (QED) is 0.113. The van der Waals surface area contributed by atoms with Gasteiger partial charge >= 0.3 is 0 Å². The van der Waals surface area contributed by atoms with Crippen molar-refractivity contribution in [1.29, 1.82) is 0 Å². The maximum atomic E-state index is 6.72. The summed E-state index contributed by atoms with van der Waals surface area (Å²) in [6, 6.07) is 0. The Kier molecular flexibility index (Phi) is 21.4. The van der Waals surface area contributed by atoms with E-state index in [0.29, 0.717) is 0 Å². The Balaban J connectivity index is 1.58. The summed E-state index contributed by atoms with van der Waals surface area (Å²) in [5, 5.41) is 0. The molecule has 4 aliphatic heterocycles. The largest absolute Gasteiger partial charge is 0.382 e. The summed E-state index contributed by atoms with van der Waals surface area (Å²) >= 11 is 0. The van der Waals surface area contributed by atoms with Crippen LogP contribution in [0.2, 0.25) is 0 Å². The Morgan fingerprint density at radius 2 is 0.695 bits per heavy atom. The smallest absolute Gasteiger partial charge is 0.224 e. The second-order valence-electron chi connectivity index (χ2n) is 14.4. The highest BCUT2D eigenvalue weighted by atomic mass is 16.8. The molecule has 0 saturated carbocycles. The molecule has 19 unspecified atom stereocenters. The molecule has 59 heavy (non-hydrogen) atoms. The monoisotopic (exact) mass is 862 g/mol. The number of hydrogen-bond acceptors (Lipinski definition) is 21. The van der Waals surface area contributed by atoms with E-state index in [2.05, 4.69) is 0 Å². The zero-order chi connectivity index (χ0) is 43.3. The lowest BCUT2D eigenvalue weighted by atomic mass is 9.97. The van der Waals surface area contributed by atoms with E-state index in [4.69, 9.17) is 99.5 Å². The van der Waals surface area contributed by atoms with E-state index >= 15 is 0 Å². The predicted octanol–water partition coefficient (Wildman–Crippen LogP) is -0.590. The first-order chi connectivity index (χ1) is 28.6. The molecule has 0 spiro atoms. The molecular weight excluding hydrogens is 792 g/mol. The van der Waals surface area contributed by atoms with Crippen LogP contribution in [0.25, 0.3) is 0 Å². The fourth-order valence-corrected chi connectivity index (χ4v) is 8.71. The zero-order valence-corrected chi connectivity index (χ0v) is 37.0. The minimum atomic E-state index is -1.51. The van der Waals surface area contributed by atoms with Gasteiger partial charge in [-0.05, 0) is 0 Å². The van der Waals surface area contributed by atoms with E-state index in [1.165, 1.54) is 28.4 Å². The van der Waals surface area contributed by atoms with Crippen LogP contribution in [0.4, 0.5) is 0 Å². The fourth-order valence-electron chi connectivity index (χ4n) is 8.71. The molecule has 0 N–H and O–H groups in total. The first-order valence-electron chi connectivity index (χ1n) is 19.5. The average molecular weight is 863 g/mol. The number of methoxy groups -OCH3 is 14. The molecule has 4 rings (SSSR count). The SMILES string of the molecule is COCC1OC(OCC2OC(OCC3OC(OC4(COC)OC(COC)C(OC)C4OC)C(OC)C(OC)C3OC)C(OC)C(OC)C2OC)C(OC)C(OC)C1OC. The van der Waals surface area contributed by atoms with Crippen molar-refractivity contribution in [1.82, 2.24) is 0 Å². The lowest BCUT2D eigenvalue weighted by Crippen LogP contribution is -2.65. The van der Waals surface area contributed by atoms with Gasteiger partial charge < -0.3 is 99.5 Å². The van der Waals surface area contributed by atoms with E-state index in [1.807, 2.05) is 0 Å². The van der Waals surface area contributed by atoms with Crippen LogP contribution >= 0.6 is 0 Å². The summed E-state index contributed by atoms with van der Waals surface area (Å²) in [5.41, 5.74) is 0. The second-order valence-corrected chi connectivity index (χ2v) is 14.4. The van der Waals surface area contributed by atoms with Crippen molar-refractivity contribution < 1.29 is 99.5 Å². The minimum absolute atomic E-state index is 0.0282. The molecule has 348 valence electrons. The predicted molar refractivity (Wildman–Crippen MR) is 201 cm³/mol. The lowest BCUT2D eigenvalue weighted by molar-refractivity contribution is -0.394. The summed E-state index contributed by atoms with van der Waals surface area (Å²) in [5.74, 6) is -1.51. The second kappa shape index (κ2) is 24.9. The summed E-state index contributed by atoms with van der Waals surface area (Å²) in [7, 11) is 21.7. The Morgan fingerprint density at radius 3 is 1.05 bits per heavy atom. The van der Waals surface area contributed by atoms with Gasteiger partial charge in [0.2, 0.25) is 5.79 Å². The number of ether oxygens (including phenoxy) is 21. The van der Waals surface area contributed by atoms with Gasteiger partial charge in [-0.3, -0.25) is 0 Å². The van der Waals surface area contributed by atoms with Crippen molar-refractivity contribution in [2.45, 2.75) is 116 Å². The molecule has 0 bridgehead atoms. The van der Waals surface area contributed by atoms with E-state index < -0.39 is 116 Å². The van der Waals surface area contributed by atoms with Gasteiger partial charge in [0.05, 0.1) is 26.4 Å². The molecule has 21 nitrogen and oxygen atoms in total. The van der Waals surface area contributed by atoms with Gasteiger partial charge in [0.25, 0.3) is 0 Å². The van der Waals surface area contributed by atoms with E-state index in [1.54, 1.807) is 71.1 Å². The molecule has 4 fully saturated rings. The van der Waals surface area contributed by atoms with E-state index in [0.717, 1.165) is 0 Å². The maximum absolute atomic E-state index is 6.72. The van der Waals surface area contributed by atoms with Crippen molar-refractivity contribution in [3.63, 3.8) is 0 Å². The van der Waals surface area contributed by atoms with Crippen LogP contribution in [-0.2, 0) is 99.5 Å². The third-order valence-corrected chi connectivity index (χ3v) is 11.4. The molecule has 0 amide bonds. The van der Waals surface area contributed by atoms with Crippen LogP contribution in [0.1, 0.15) is 0 Å². The molecule has 0 radical (unpaired) electrons. The summed E-state index contributed by atoms with van der Waals surface area (Å²) in [4.78, 5) is 0. The Bertz CT molecular complexity index is 1160. The molecule has 4 heterocycles. The van der Waals surface area contributed by atoms with Crippen LogP contribution in [-0.4, -0.2) is 249 Å². The highest BCUT2D eigenvalue weighted by Crippen LogP contribution is 2.41. The van der Waals surface area contributed by atoms with Crippen molar-refractivity contribution in [2.75, 3.05) is 133 Å². The molecule has 0 aromatic carbocycles. The molecule has 0 aromatic rings. The summed E-state index contributed by atoms with van der Waals surface area (Å²) in [6.45, 7) is 0.260. The molecule has 0 aromatic heterocycles. The van der Waals surface area contributed by atoms with Crippen molar-refractivity contribution in [2.24, 2.45) is 0 Å². The Morgan fingerprint density at radius 1 is 0.339 bits per heavy atom. The van der Waals surface area contributed by atoms with Gasteiger partial charge in [-0.25, -0.2) is 0 Å². The topological polar surface area (TPSA) is 194 Å². The molecule has 0 aliphatic carbocycles. The van der Waals surface area contributed by atoms with Gasteiger partial charge in [0.1, 0.15) is 98.2 Å². The highest BCUT2D eigenvalue weighted by molar-refractivity contribution is 5.02. The van der Waals surface area contributed by atoms with Crippen LogP contribution in [0.3, 0.4) is 0 Å². The molecule has 21 heteroatoms. The average Bonchev–Trinajstić information content (AvgIpc) is 3.54. The highest BCUT2D eigenvalue weighted by Gasteiger charge is 2.61. The standard InChI is InChI=1S/C38H70O21/c1-39-15-20-24(42-4)28(46-8)31(49-11)35(55-20)53-17-21-25(43-5)29(47-9)32(50-12)36(56-21)54-18-22-26(44-6)30(48-10)33(51-13)37(57-22)59-38(19-41-3)34(52-14)27(45-7)23(58-38)16-40-2/h20-37H,15-19H2,1-14H3. The molecule has 4 aliphatic rings. The third-order valence-electron chi connectivity index (χ3n) is 11.4. The van der Waals surface area contributed by atoms with Crippen LogP contribution < -0.4 is 0 Å². The van der Waals surface area contributed by atoms with Gasteiger partial charge in [-0.2, -0.15) is 0 Å². The van der Waals surface area contributed by atoms with Crippen molar-refractivity contribution in [3.05, 3.63) is 0 Å². The maximum Gasteiger partial charge on any atom is 0.224 e. The van der Waals surface area contributed by atoms with Crippen molar-refractivity contribution in [3.8, 4) is 0 Å². The Labute approximate surface area is 348 Å². The third kappa shape index (κ3) is 11.1. The van der Waals surface area contributed by atoms with Gasteiger partial charge in [0, 0.05) is 99.5 Å². The summed E-state index contributed by atoms with van der Waals surface area (Å²) < 4.78 is 127. The normalized spacial score (nSPS) is 43.0.